The van der Waals surface area contributed by atoms with Crippen molar-refractivity contribution in [3.63, 3.8) is 0 Å². The van der Waals surface area contributed by atoms with E-state index in [2.05, 4.69) is 5.10 Å². The highest BCUT2D eigenvalue weighted by molar-refractivity contribution is 8.13. The smallest absolute Gasteiger partial charge is 0.182 e. The van der Waals surface area contributed by atoms with Gasteiger partial charge in [-0.3, -0.25) is 0 Å². The minimum absolute atomic E-state index is 0.0926. The molecule has 0 radical (unpaired) electrons. The van der Waals surface area contributed by atoms with Crippen LogP contribution in [0.2, 0.25) is 0 Å². The van der Waals surface area contributed by atoms with Gasteiger partial charge >= 0.3 is 0 Å². The second-order valence-electron chi connectivity index (χ2n) is 0.911. The Bertz CT molecular complexity index is 93.3. The Morgan fingerprint density at radius 1 is 1.75 bits per heavy atom. The molecule has 0 rings (SSSR count). The number of amidine groups is 1. The third-order valence-electron chi connectivity index (χ3n) is 0.397. The summed E-state index contributed by atoms with van der Waals surface area (Å²) in [6.45, 7) is 0. The van der Waals surface area contributed by atoms with Gasteiger partial charge < -0.3 is 5.73 Å². The van der Waals surface area contributed by atoms with Crippen LogP contribution in [0.1, 0.15) is 0 Å². The molecule has 6 heteroatoms. The van der Waals surface area contributed by atoms with Gasteiger partial charge in [-0.05, 0) is 11.6 Å². The van der Waals surface area contributed by atoms with E-state index in [0.29, 0.717) is 0 Å². The Balaban J connectivity index is 3.56. The fourth-order valence-corrected chi connectivity index (χ4v) is 0.284. The Morgan fingerprint density at radius 3 is 2.38 bits per heavy atom. The Hall–Kier alpha value is -0.460. The standard InChI is InChI=1S/C2H7N3O2S/c1-8-2(3)4-5(6)7/h6-7H,1H3,(H2,3,4). The quantitative estimate of drug-likeness (QED) is 0.261. The maximum atomic E-state index is 7.96. The molecule has 5 nitrogen and oxygen atoms in total. The summed E-state index contributed by atoms with van der Waals surface area (Å²) in [4.78, 5) is 0. The van der Waals surface area contributed by atoms with Gasteiger partial charge in [0.1, 0.15) is 0 Å². The SMILES string of the molecule is CSC(N)=NN(O)O. The normalized spacial score (nSPS) is 11.6. The van der Waals surface area contributed by atoms with Crippen molar-refractivity contribution in [3.05, 3.63) is 0 Å². The van der Waals surface area contributed by atoms with E-state index in [9.17, 15) is 0 Å². The molecule has 0 aliphatic rings. The largest absolute Gasteiger partial charge is 0.377 e. The molecule has 0 saturated carbocycles. The molecule has 4 N–H and O–H groups in total. The van der Waals surface area contributed by atoms with E-state index in [-0.39, 0.29) is 10.5 Å². The van der Waals surface area contributed by atoms with E-state index in [4.69, 9.17) is 16.1 Å². The summed E-state index contributed by atoms with van der Waals surface area (Å²) in [5, 5.41) is 18.7. The second-order valence-corrected chi connectivity index (χ2v) is 1.74. The third kappa shape index (κ3) is 3.72. The second kappa shape index (κ2) is 3.53. The minimum atomic E-state index is -0.328. The van der Waals surface area contributed by atoms with Crippen LogP contribution in [0.25, 0.3) is 0 Å². The predicted octanol–water partition coefficient (Wildman–Crippen LogP) is -0.341. The van der Waals surface area contributed by atoms with Gasteiger partial charge in [0, 0.05) is 0 Å². The number of nitrogens with two attached hydrogens (primary N) is 1. The zero-order chi connectivity index (χ0) is 6.57. The van der Waals surface area contributed by atoms with E-state index in [1.165, 1.54) is 0 Å². The molecule has 0 aromatic rings. The lowest BCUT2D eigenvalue weighted by Crippen LogP contribution is -2.14. The highest BCUT2D eigenvalue weighted by atomic mass is 32.2. The van der Waals surface area contributed by atoms with Gasteiger partial charge in [0.25, 0.3) is 0 Å². The van der Waals surface area contributed by atoms with Crippen molar-refractivity contribution in [2.24, 2.45) is 10.8 Å². The fraction of sp³-hybridized carbons (Fsp3) is 0.500. The third-order valence-corrected chi connectivity index (χ3v) is 0.897. The number of rotatable bonds is 1. The maximum Gasteiger partial charge on any atom is 0.182 e. The molecule has 0 heterocycles. The number of thioether (sulfide) groups is 1. The minimum Gasteiger partial charge on any atom is -0.377 e. The molecule has 0 unspecified atom stereocenters. The van der Waals surface area contributed by atoms with Crippen molar-refractivity contribution in [2.45, 2.75) is 0 Å². The number of hydrogen-bond acceptors (Lipinski definition) is 5. The Morgan fingerprint density at radius 2 is 2.25 bits per heavy atom. The van der Waals surface area contributed by atoms with Gasteiger partial charge in [-0.25, -0.2) is 10.4 Å². The molecule has 0 aliphatic heterocycles. The molecule has 48 valence electrons. The van der Waals surface area contributed by atoms with Crippen LogP contribution in [-0.4, -0.2) is 27.2 Å². The molecule has 0 amide bonds. The van der Waals surface area contributed by atoms with Crippen LogP contribution in [-0.2, 0) is 0 Å². The van der Waals surface area contributed by atoms with Gasteiger partial charge in [-0.15, -0.1) is 0 Å². The van der Waals surface area contributed by atoms with Crippen LogP contribution < -0.4 is 5.73 Å². The fourth-order valence-electron chi connectivity index (χ4n) is 0.129. The average Bonchev–Trinajstić information content (AvgIpc) is 1.65. The van der Waals surface area contributed by atoms with Crippen molar-refractivity contribution >= 4 is 16.9 Å². The molecular formula is C2H7N3O2S. The monoisotopic (exact) mass is 137 g/mol. The van der Waals surface area contributed by atoms with Crippen molar-refractivity contribution in [3.8, 4) is 0 Å². The predicted molar refractivity (Wildman–Crippen MR) is 30.5 cm³/mol. The van der Waals surface area contributed by atoms with E-state index >= 15 is 0 Å². The van der Waals surface area contributed by atoms with Crippen molar-refractivity contribution in [1.29, 1.82) is 0 Å². The van der Waals surface area contributed by atoms with Gasteiger partial charge in [-0.2, -0.15) is 0 Å². The zero-order valence-electron chi connectivity index (χ0n) is 4.27. The van der Waals surface area contributed by atoms with Crippen LogP contribution in [0, 0.1) is 0 Å². The van der Waals surface area contributed by atoms with Crippen LogP contribution >= 0.6 is 11.8 Å². The molecule has 0 fully saturated rings. The van der Waals surface area contributed by atoms with E-state index in [1.807, 2.05) is 0 Å². The van der Waals surface area contributed by atoms with Crippen LogP contribution in [0.4, 0.5) is 0 Å². The zero-order valence-corrected chi connectivity index (χ0v) is 5.09. The number of hydrogen-bond donors (Lipinski definition) is 3. The van der Waals surface area contributed by atoms with Crippen molar-refractivity contribution in [2.75, 3.05) is 6.26 Å². The van der Waals surface area contributed by atoms with Crippen LogP contribution in [0.3, 0.4) is 0 Å². The molecule has 0 atom stereocenters. The molecule has 8 heavy (non-hydrogen) atoms. The van der Waals surface area contributed by atoms with Gasteiger partial charge in [0.2, 0.25) is 0 Å². The van der Waals surface area contributed by atoms with Crippen molar-refractivity contribution in [1.82, 2.24) is 5.34 Å². The first kappa shape index (κ1) is 7.54. The summed E-state index contributed by atoms with van der Waals surface area (Å²) in [7, 11) is 0. The van der Waals surface area contributed by atoms with Crippen LogP contribution in [0.5, 0.6) is 0 Å². The lowest BCUT2D eigenvalue weighted by Gasteiger charge is -1.98. The molecule has 0 saturated heterocycles. The molecule has 0 aromatic carbocycles. The summed E-state index contributed by atoms with van der Waals surface area (Å²) < 4.78 is 0. The highest BCUT2D eigenvalue weighted by Gasteiger charge is 1.87. The molecule has 0 aromatic heterocycles. The first-order chi connectivity index (χ1) is 3.66. The molecule has 0 aliphatic carbocycles. The molecular weight excluding hydrogens is 130 g/mol. The van der Waals surface area contributed by atoms with Gasteiger partial charge in [0.05, 0.1) is 0 Å². The van der Waals surface area contributed by atoms with Gasteiger partial charge in [0.15, 0.2) is 5.17 Å². The van der Waals surface area contributed by atoms with Gasteiger partial charge in [-0.1, -0.05) is 16.9 Å². The average molecular weight is 137 g/mol. The van der Waals surface area contributed by atoms with E-state index in [1.54, 1.807) is 6.26 Å². The van der Waals surface area contributed by atoms with E-state index < -0.39 is 0 Å². The lowest BCUT2D eigenvalue weighted by molar-refractivity contribution is -0.307. The first-order valence-corrected chi connectivity index (χ1v) is 2.95. The maximum absolute atomic E-state index is 7.96. The number of nitrogens with zero attached hydrogens (tertiary/aromatic N) is 2. The topological polar surface area (TPSA) is 82.1 Å². The highest BCUT2D eigenvalue weighted by Crippen LogP contribution is 1.90. The summed E-state index contributed by atoms with van der Waals surface area (Å²) in [5.74, 6) is 0. The number of hydrazone groups is 1. The summed E-state index contributed by atoms with van der Waals surface area (Å²) in [5.41, 5.74) is 5.03. The summed E-state index contributed by atoms with van der Waals surface area (Å²) >= 11 is 1.12. The first-order valence-electron chi connectivity index (χ1n) is 1.72. The summed E-state index contributed by atoms with van der Waals surface area (Å²) in [6.07, 6.45) is 1.67. The Kier molecular flexibility index (Phi) is 3.33. The Labute approximate surface area is 50.7 Å². The van der Waals surface area contributed by atoms with Crippen LogP contribution in [0.15, 0.2) is 5.10 Å². The van der Waals surface area contributed by atoms with Crippen molar-refractivity contribution < 1.29 is 10.4 Å². The molecule has 0 spiro atoms. The summed E-state index contributed by atoms with van der Waals surface area (Å²) in [6, 6.07) is 0. The lowest BCUT2D eigenvalue weighted by atomic mass is 11.4. The van der Waals surface area contributed by atoms with E-state index in [0.717, 1.165) is 11.8 Å². The molecule has 0 bridgehead atoms.